The molecule has 1 unspecified atom stereocenters. The molecule has 112 valence electrons. The molecule has 0 aliphatic carbocycles. The van der Waals surface area contributed by atoms with Crippen molar-refractivity contribution in [1.29, 1.82) is 0 Å². The molecule has 0 aromatic heterocycles. The molecule has 0 bridgehead atoms. The molecule has 2 aromatic rings. The predicted molar refractivity (Wildman–Crippen MR) is 86.3 cm³/mol. The van der Waals surface area contributed by atoms with Gasteiger partial charge in [-0.25, -0.2) is 0 Å². The highest BCUT2D eigenvalue weighted by Crippen LogP contribution is 2.40. The Morgan fingerprint density at radius 3 is 2.24 bits per heavy atom. The molecule has 0 aliphatic heterocycles. The molecule has 1 atom stereocenters. The first-order valence-electron chi connectivity index (χ1n) is 7.06. The Morgan fingerprint density at radius 1 is 1.14 bits per heavy atom. The zero-order valence-corrected chi connectivity index (χ0v) is 12.8. The van der Waals surface area contributed by atoms with Gasteiger partial charge in [0, 0.05) is 16.3 Å². The molecule has 3 nitrogen and oxygen atoms in total. The molecule has 2 aromatic carbocycles. The summed E-state index contributed by atoms with van der Waals surface area (Å²) in [5.74, 6) is 1.73. The van der Waals surface area contributed by atoms with Crippen LogP contribution in [0.2, 0.25) is 0 Å². The summed E-state index contributed by atoms with van der Waals surface area (Å²) in [6, 6.07) is 8.04. The molecule has 0 amide bonds. The number of hydrogen-bond acceptors (Lipinski definition) is 3. The zero-order valence-electron chi connectivity index (χ0n) is 12.8. The molecule has 0 aliphatic rings. The third-order valence-electron chi connectivity index (χ3n) is 3.85. The van der Waals surface area contributed by atoms with Crippen LogP contribution in [0.25, 0.3) is 10.8 Å². The van der Waals surface area contributed by atoms with Crippen LogP contribution in [0.3, 0.4) is 0 Å². The van der Waals surface area contributed by atoms with E-state index < -0.39 is 6.10 Å². The monoisotopic (exact) mass is 286 g/mol. The van der Waals surface area contributed by atoms with E-state index in [1.54, 1.807) is 20.3 Å². The molecular formula is C18H22O3. The van der Waals surface area contributed by atoms with Crippen LogP contribution >= 0.6 is 0 Å². The molecule has 1 N–H and O–H groups in total. The molecule has 0 spiro atoms. The fraction of sp³-hybridized carbons (Fsp3) is 0.333. The highest BCUT2D eigenvalue weighted by Gasteiger charge is 2.18. The highest BCUT2D eigenvalue weighted by atomic mass is 16.5. The van der Waals surface area contributed by atoms with Crippen LogP contribution < -0.4 is 9.47 Å². The van der Waals surface area contributed by atoms with Gasteiger partial charge < -0.3 is 14.6 Å². The Hall–Kier alpha value is -2.00. The van der Waals surface area contributed by atoms with Crippen molar-refractivity contribution in [2.75, 3.05) is 14.2 Å². The van der Waals surface area contributed by atoms with E-state index in [1.165, 1.54) is 0 Å². The normalized spacial score (nSPS) is 12.2. The van der Waals surface area contributed by atoms with Crippen molar-refractivity contribution in [2.45, 2.75) is 25.9 Å². The summed E-state index contributed by atoms with van der Waals surface area (Å²) in [6.07, 6.45) is 2.37. The SMILES string of the molecule is C=CC(O)CCc1c(C)c(OC)c2ccccc2c1OC. The summed E-state index contributed by atoms with van der Waals surface area (Å²) in [6.45, 7) is 5.65. The summed E-state index contributed by atoms with van der Waals surface area (Å²) in [5, 5.41) is 11.8. The minimum Gasteiger partial charge on any atom is -0.496 e. The second-order valence-corrected chi connectivity index (χ2v) is 5.06. The topological polar surface area (TPSA) is 38.7 Å². The second-order valence-electron chi connectivity index (χ2n) is 5.06. The summed E-state index contributed by atoms with van der Waals surface area (Å²) in [7, 11) is 3.37. The third kappa shape index (κ3) is 2.88. The lowest BCUT2D eigenvalue weighted by molar-refractivity contribution is 0.213. The van der Waals surface area contributed by atoms with Gasteiger partial charge in [0.1, 0.15) is 11.5 Å². The number of aliphatic hydroxyl groups is 1. The van der Waals surface area contributed by atoms with Crippen LogP contribution in [0.15, 0.2) is 36.9 Å². The largest absolute Gasteiger partial charge is 0.496 e. The number of aliphatic hydroxyl groups excluding tert-OH is 1. The first-order valence-corrected chi connectivity index (χ1v) is 7.06. The Morgan fingerprint density at radius 2 is 1.71 bits per heavy atom. The molecule has 0 heterocycles. The lowest BCUT2D eigenvalue weighted by atomic mass is 9.94. The van der Waals surface area contributed by atoms with Crippen molar-refractivity contribution in [3.63, 3.8) is 0 Å². The van der Waals surface area contributed by atoms with E-state index in [1.807, 2.05) is 31.2 Å². The van der Waals surface area contributed by atoms with E-state index in [9.17, 15) is 5.11 Å². The van der Waals surface area contributed by atoms with Crippen LogP contribution in [-0.2, 0) is 6.42 Å². The average molecular weight is 286 g/mol. The lowest BCUT2D eigenvalue weighted by Crippen LogP contribution is -2.06. The van der Waals surface area contributed by atoms with Gasteiger partial charge in [-0.15, -0.1) is 6.58 Å². The minimum atomic E-state index is -0.508. The number of methoxy groups -OCH3 is 2. The highest BCUT2D eigenvalue weighted by molar-refractivity contribution is 5.96. The van der Waals surface area contributed by atoms with Crippen molar-refractivity contribution in [2.24, 2.45) is 0 Å². The Kier molecular flexibility index (Phi) is 4.86. The number of rotatable bonds is 6. The van der Waals surface area contributed by atoms with E-state index in [-0.39, 0.29) is 0 Å². The summed E-state index contributed by atoms with van der Waals surface area (Å²) < 4.78 is 11.2. The van der Waals surface area contributed by atoms with Crippen molar-refractivity contribution in [3.05, 3.63) is 48.0 Å². The Balaban J connectivity index is 2.62. The molecule has 2 rings (SSSR count). The lowest BCUT2D eigenvalue weighted by Gasteiger charge is -2.19. The van der Waals surface area contributed by atoms with Crippen molar-refractivity contribution in [3.8, 4) is 11.5 Å². The Labute approximate surface area is 125 Å². The van der Waals surface area contributed by atoms with Crippen LogP contribution in [-0.4, -0.2) is 25.4 Å². The quantitative estimate of drug-likeness (QED) is 0.824. The fourth-order valence-electron chi connectivity index (χ4n) is 2.76. The number of benzene rings is 2. The van der Waals surface area contributed by atoms with Crippen molar-refractivity contribution >= 4 is 10.8 Å². The van der Waals surface area contributed by atoms with Gasteiger partial charge in [0.2, 0.25) is 0 Å². The maximum Gasteiger partial charge on any atom is 0.130 e. The first kappa shape index (κ1) is 15.4. The second kappa shape index (κ2) is 6.64. The van der Waals surface area contributed by atoms with Gasteiger partial charge in [-0.1, -0.05) is 30.3 Å². The van der Waals surface area contributed by atoms with Gasteiger partial charge in [-0.3, -0.25) is 0 Å². The molecule has 0 saturated carbocycles. The summed E-state index contributed by atoms with van der Waals surface area (Å²) >= 11 is 0. The van der Waals surface area contributed by atoms with E-state index in [2.05, 4.69) is 6.58 Å². The molecular weight excluding hydrogens is 264 g/mol. The van der Waals surface area contributed by atoms with Crippen molar-refractivity contribution in [1.82, 2.24) is 0 Å². The van der Waals surface area contributed by atoms with E-state index in [0.29, 0.717) is 12.8 Å². The first-order chi connectivity index (χ1) is 10.1. The minimum absolute atomic E-state index is 0.508. The van der Waals surface area contributed by atoms with Gasteiger partial charge in [-0.05, 0) is 25.3 Å². The predicted octanol–water partition coefficient (Wildman–Crippen LogP) is 3.64. The van der Waals surface area contributed by atoms with Gasteiger partial charge >= 0.3 is 0 Å². The molecule has 21 heavy (non-hydrogen) atoms. The van der Waals surface area contributed by atoms with Crippen LogP contribution in [0.5, 0.6) is 11.5 Å². The van der Waals surface area contributed by atoms with Crippen molar-refractivity contribution < 1.29 is 14.6 Å². The van der Waals surface area contributed by atoms with Crippen LogP contribution in [0.1, 0.15) is 17.5 Å². The summed E-state index contributed by atoms with van der Waals surface area (Å²) in [5.41, 5.74) is 2.14. The van der Waals surface area contributed by atoms with Gasteiger partial charge in [0.25, 0.3) is 0 Å². The molecule has 0 saturated heterocycles. The molecule has 0 fully saturated rings. The zero-order chi connectivity index (χ0) is 15.4. The summed E-state index contributed by atoms with van der Waals surface area (Å²) in [4.78, 5) is 0. The van der Waals surface area contributed by atoms with Gasteiger partial charge in [-0.2, -0.15) is 0 Å². The van der Waals surface area contributed by atoms with E-state index in [4.69, 9.17) is 9.47 Å². The van der Waals surface area contributed by atoms with E-state index >= 15 is 0 Å². The fourth-order valence-corrected chi connectivity index (χ4v) is 2.76. The van der Waals surface area contributed by atoms with Gasteiger partial charge in [0.05, 0.1) is 20.3 Å². The molecule has 3 heteroatoms. The van der Waals surface area contributed by atoms with Crippen LogP contribution in [0, 0.1) is 6.92 Å². The Bertz CT molecular complexity index is 646. The van der Waals surface area contributed by atoms with Crippen LogP contribution in [0.4, 0.5) is 0 Å². The number of hydrogen-bond donors (Lipinski definition) is 1. The maximum atomic E-state index is 9.72. The number of ether oxygens (including phenoxy) is 2. The standard InChI is InChI=1S/C18H22O3/c1-5-13(19)10-11-14-12(2)17(20-3)15-8-6-7-9-16(15)18(14)21-4/h5-9,13,19H,1,10-11H2,2-4H3. The average Bonchev–Trinajstić information content (AvgIpc) is 2.52. The number of fused-ring (bicyclic) bond motifs is 1. The maximum absolute atomic E-state index is 9.72. The van der Waals surface area contributed by atoms with Gasteiger partial charge in [0.15, 0.2) is 0 Å². The van der Waals surface area contributed by atoms with E-state index in [0.717, 1.165) is 33.4 Å². The molecule has 0 radical (unpaired) electrons. The third-order valence-corrected chi connectivity index (χ3v) is 3.85. The smallest absolute Gasteiger partial charge is 0.130 e.